The first-order valence-corrected chi connectivity index (χ1v) is 12.4. The van der Waals surface area contributed by atoms with Gasteiger partial charge in [0, 0.05) is 41.2 Å². The Bertz CT molecular complexity index is 1490. The molecule has 0 unspecified atom stereocenters. The SMILES string of the molecule is Cc1ccc(NC(=O)c2cn(C(C)C)nc2C)cc1-c1cc(-c2ccnc(NC(=O)C3CC3)c2)cnn1. The van der Waals surface area contributed by atoms with Crippen molar-refractivity contribution in [2.75, 3.05) is 10.6 Å². The smallest absolute Gasteiger partial charge is 0.259 e. The normalized spacial score (nSPS) is 13.0. The topological polar surface area (TPSA) is 115 Å². The number of anilines is 2. The minimum atomic E-state index is -0.211. The van der Waals surface area contributed by atoms with E-state index in [4.69, 9.17) is 0 Å². The van der Waals surface area contributed by atoms with Gasteiger partial charge in [-0.25, -0.2) is 4.98 Å². The van der Waals surface area contributed by atoms with E-state index in [0.29, 0.717) is 28.5 Å². The molecule has 1 aromatic carbocycles. The van der Waals surface area contributed by atoms with Gasteiger partial charge in [-0.15, -0.1) is 0 Å². The summed E-state index contributed by atoms with van der Waals surface area (Å²) < 4.78 is 1.79. The van der Waals surface area contributed by atoms with Crippen LogP contribution in [0.1, 0.15) is 54.3 Å². The Morgan fingerprint density at radius 1 is 1.03 bits per heavy atom. The van der Waals surface area contributed by atoms with E-state index in [-0.39, 0.29) is 23.8 Å². The monoisotopic (exact) mass is 495 g/mol. The molecule has 0 saturated heterocycles. The predicted octanol–water partition coefficient (Wildman–Crippen LogP) is 5.20. The molecule has 9 nitrogen and oxygen atoms in total. The van der Waals surface area contributed by atoms with Crippen molar-refractivity contribution in [2.24, 2.45) is 5.92 Å². The Morgan fingerprint density at radius 3 is 2.57 bits per heavy atom. The average Bonchev–Trinajstić information content (AvgIpc) is 3.66. The summed E-state index contributed by atoms with van der Waals surface area (Å²) in [6.45, 7) is 7.86. The summed E-state index contributed by atoms with van der Waals surface area (Å²) in [5, 5.41) is 18.9. The second-order valence-electron chi connectivity index (χ2n) is 9.71. The largest absolute Gasteiger partial charge is 0.322 e. The van der Waals surface area contributed by atoms with Gasteiger partial charge in [0.2, 0.25) is 5.91 Å². The van der Waals surface area contributed by atoms with Gasteiger partial charge in [0.15, 0.2) is 0 Å². The summed E-state index contributed by atoms with van der Waals surface area (Å²) in [6.07, 6.45) is 6.99. The fraction of sp³-hybridized carbons (Fsp3) is 0.286. The van der Waals surface area contributed by atoms with Crippen molar-refractivity contribution in [3.63, 3.8) is 0 Å². The summed E-state index contributed by atoms with van der Waals surface area (Å²) in [7, 11) is 0. The standard InChI is InChI=1S/C28H29N7O2/c1-16(2)35-15-24(18(4)34-35)28(37)31-22-8-5-17(3)23(13-22)25-11-21(14-30-33-25)20-9-10-29-26(12-20)32-27(36)19-6-7-19/h5,8-16,19H,6-7H2,1-4H3,(H,31,37)(H,29,32,36). The number of aryl methyl sites for hydroxylation is 2. The molecule has 5 rings (SSSR count). The van der Waals surface area contributed by atoms with E-state index in [0.717, 1.165) is 35.1 Å². The van der Waals surface area contributed by atoms with E-state index in [1.165, 1.54) is 0 Å². The first-order chi connectivity index (χ1) is 17.8. The molecule has 0 radical (unpaired) electrons. The van der Waals surface area contributed by atoms with E-state index in [2.05, 4.69) is 30.9 Å². The van der Waals surface area contributed by atoms with E-state index in [1.807, 2.05) is 64.1 Å². The van der Waals surface area contributed by atoms with Crippen LogP contribution >= 0.6 is 0 Å². The summed E-state index contributed by atoms with van der Waals surface area (Å²) in [5.41, 5.74) is 6.14. The fourth-order valence-corrected chi connectivity index (χ4v) is 4.05. The molecule has 3 heterocycles. The number of nitrogens with one attached hydrogen (secondary N) is 2. The number of benzene rings is 1. The van der Waals surface area contributed by atoms with Crippen LogP contribution in [0.2, 0.25) is 0 Å². The van der Waals surface area contributed by atoms with Crippen LogP contribution < -0.4 is 10.6 Å². The molecule has 188 valence electrons. The Morgan fingerprint density at radius 2 is 1.84 bits per heavy atom. The molecule has 0 atom stereocenters. The van der Waals surface area contributed by atoms with Crippen molar-refractivity contribution in [1.82, 2.24) is 25.0 Å². The van der Waals surface area contributed by atoms with Crippen LogP contribution in [-0.4, -0.2) is 36.8 Å². The van der Waals surface area contributed by atoms with Crippen LogP contribution in [-0.2, 0) is 4.79 Å². The van der Waals surface area contributed by atoms with Gasteiger partial charge in [0.05, 0.1) is 23.1 Å². The number of amides is 2. The van der Waals surface area contributed by atoms with Crippen LogP contribution in [0, 0.1) is 19.8 Å². The molecule has 4 aromatic rings. The molecule has 3 aromatic heterocycles. The van der Waals surface area contributed by atoms with Crippen LogP contribution in [0.4, 0.5) is 11.5 Å². The highest BCUT2D eigenvalue weighted by molar-refractivity contribution is 6.05. The average molecular weight is 496 g/mol. The van der Waals surface area contributed by atoms with Crippen molar-refractivity contribution in [1.29, 1.82) is 0 Å². The number of hydrogen-bond acceptors (Lipinski definition) is 6. The molecule has 1 saturated carbocycles. The highest BCUT2D eigenvalue weighted by Crippen LogP contribution is 2.31. The molecule has 0 aliphatic heterocycles. The van der Waals surface area contributed by atoms with Gasteiger partial charge < -0.3 is 10.6 Å². The van der Waals surface area contributed by atoms with Crippen LogP contribution in [0.15, 0.2) is 55.0 Å². The van der Waals surface area contributed by atoms with Crippen molar-refractivity contribution < 1.29 is 9.59 Å². The highest BCUT2D eigenvalue weighted by atomic mass is 16.2. The predicted molar refractivity (Wildman–Crippen MR) is 142 cm³/mol. The number of hydrogen-bond donors (Lipinski definition) is 2. The molecule has 1 fully saturated rings. The third kappa shape index (κ3) is 5.40. The number of rotatable bonds is 7. The second-order valence-corrected chi connectivity index (χ2v) is 9.71. The van der Waals surface area contributed by atoms with Crippen LogP contribution in [0.5, 0.6) is 0 Å². The summed E-state index contributed by atoms with van der Waals surface area (Å²) in [4.78, 5) is 29.4. The second kappa shape index (κ2) is 9.93. The number of carbonyl (C=O) groups excluding carboxylic acids is 2. The Balaban J connectivity index is 1.39. The zero-order valence-corrected chi connectivity index (χ0v) is 21.3. The van der Waals surface area contributed by atoms with Crippen molar-refractivity contribution >= 4 is 23.3 Å². The molecular formula is C28H29N7O2. The maximum Gasteiger partial charge on any atom is 0.259 e. The lowest BCUT2D eigenvalue weighted by atomic mass is 10.0. The molecule has 2 N–H and O–H groups in total. The molecular weight excluding hydrogens is 466 g/mol. The van der Waals surface area contributed by atoms with E-state index in [9.17, 15) is 9.59 Å². The number of pyridine rings is 1. The maximum absolute atomic E-state index is 13.0. The highest BCUT2D eigenvalue weighted by Gasteiger charge is 2.29. The molecule has 1 aliphatic rings. The summed E-state index contributed by atoms with van der Waals surface area (Å²) >= 11 is 0. The van der Waals surface area contributed by atoms with Gasteiger partial charge >= 0.3 is 0 Å². The van der Waals surface area contributed by atoms with Crippen molar-refractivity contribution in [3.05, 3.63) is 71.8 Å². The minimum absolute atomic E-state index is 0.0134. The lowest BCUT2D eigenvalue weighted by molar-refractivity contribution is -0.117. The first-order valence-electron chi connectivity index (χ1n) is 12.4. The van der Waals surface area contributed by atoms with Crippen molar-refractivity contribution in [3.8, 4) is 22.4 Å². The Kier molecular flexibility index (Phi) is 6.52. The van der Waals surface area contributed by atoms with Gasteiger partial charge in [-0.2, -0.15) is 15.3 Å². The lowest BCUT2D eigenvalue weighted by Gasteiger charge is -2.11. The van der Waals surface area contributed by atoms with E-state index in [1.54, 1.807) is 23.3 Å². The van der Waals surface area contributed by atoms with Crippen LogP contribution in [0.25, 0.3) is 22.4 Å². The van der Waals surface area contributed by atoms with Gasteiger partial charge in [-0.1, -0.05) is 6.07 Å². The van der Waals surface area contributed by atoms with Crippen molar-refractivity contribution in [2.45, 2.75) is 46.6 Å². The van der Waals surface area contributed by atoms with E-state index >= 15 is 0 Å². The number of nitrogens with zero attached hydrogens (tertiary/aromatic N) is 5. The molecule has 1 aliphatic carbocycles. The molecule has 0 bridgehead atoms. The third-order valence-electron chi connectivity index (χ3n) is 6.41. The van der Waals surface area contributed by atoms with Gasteiger partial charge in [-0.05, 0) is 82.0 Å². The lowest BCUT2D eigenvalue weighted by Crippen LogP contribution is -2.14. The number of carbonyl (C=O) groups is 2. The number of aromatic nitrogens is 5. The van der Waals surface area contributed by atoms with Crippen LogP contribution in [0.3, 0.4) is 0 Å². The minimum Gasteiger partial charge on any atom is -0.322 e. The Hall–Kier alpha value is -4.40. The van der Waals surface area contributed by atoms with Gasteiger partial charge in [0.1, 0.15) is 5.82 Å². The van der Waals surface area contributed by atoms with Gasteiger partial charge in [0.25, 0.3) is 5.91 Å². The zero-order valence-electron chi connectivity index (χ0n) is 21.3. The molecule has 0 spiro atoms. The van der Waals surface area contributed by atoms with E-state index < -0.39 is 0 Å². The first kappa shape index (κ1) is 24.3. The summed E-state index contributed by atoms with van der Waals surface area (Å²) in [6, 6.07) is 11.5. The maximum atomic E-state index is 13.0. The molecule has 9 heteroatoms. The third-order valence-corrected chi connectivity index (χ3v) is 6.41. The Labute approximate surface area is 215 Å². The fourth-order valence-electron chi connectivity index (χ4n) is 4.05. The molecule has 37 heavy (non-hydrogen) atoms. The quantitative estimate of drug-likeness (QED) is 0.364. The zero-order chi connectivity index (χ0) is 26.1. The van der Waals surface area contributed by atoms with Gasteiger partial charge in [-0.3, -0.25) is 14.3 Å². The molecule has 2 amide bonds. The summed E-state index contributed by atoms with van der Waals surface area (Å²) in [5.74, 6) is 0.423.